The molecule has 0 amide bonds. The van der Waals surface area contributed by atoms with Gasteiger partial charge >= 0.3 is 0 Å². The standard InChI is InChI=1S/C29H39N3O4/c1-2-3-15-34-23-18-24(36-17-12-20-8-6-14-32-20)28(30)27-26(23)25-21(29(27)33)9-4-10-22(25)35-16-11-19-7-5-13-31-19/h4,9-10,18-20,31-32H,2-3,5-8,11-17,30H2,1H3. The van der Waals surface area contributed by atoms with Crippen LogP contribution in [0.25, 0.3) is 11.1 Å². The average Bonchev–Trinajstić information content (AvgIpc) is 3.64. The number of hydrogen-bond acceptors (Lipinski definition) is 7. The second-order valence-corrected chi connectivity index (χ2v) is 10.1. The van der Waals surface area contributed by atoms with Crippen LogP contribution in [0, 0.1) is 0 Å². The third kappa shape index (κ3) is 5.18. The normalized spacial score (nSPS) is 20.4. The number of nitrogens with two attached hydrogens (primary N) is 1. The molecule has 2 unspecified atom stereocenters. The summed E-state index contributed by atoms with van der Waals surface area (Å²) in [6.45, 7) is 5.97. The Morgan fingerprint density at radius 1 is 0.861 bits per heavy atom. The number of nitrogen functional groups attached to an aromatic ring is 1. The van der Waals surface area contributed by atoms with Crippen LogP contribution in [-0.2, 0) is 0 Å². The molecule has 7 heteroatoms. The van der Waals surface area contributed by atoms with Crippen molar-refractivity contribution in [2.45, 2.75) is 70.4 Å². The van der Waals surface area contributed by atoms with Gasteiger partial charge in [-0.2, -0.15) is 0 Å². The summed E-state index contributed by atoms with van der Waals surface area (Å²) in [5.41, 5.74) is 9.59. The number of ketones is 1. The number of benzene rings is 2. The maximum atomic E-state index is 13.6. The molecule has 3 aliphatic rings. The third-order valence-electron chi connectivity index (χ3n) is 7.57. The minimum atomic E-state index is -0.0938. The zero-order chi connectivity index (χ0) is 24.9. The average molecular weight is 494 g/mol. The van der Waals surface area contributed by atoms with Crippen molar-refractivity contribution in [2.75, 3.05) is 38.6 Å². The lowest BCUT2D eigenvalue weighted by Crippen LogP contribution is -2.23. The van der Waals surface area contributed by atoms with E-state index in [2.05, 4.69) is 17.6 Å². The van der Waals surface area contributed by atoms with E-state index in [0.29, 0.717) is 66.0 Å². The summed E-state index contributed by atoms with van der Waals surface area (Å²) in [5, 5.41) is 7.01. The molecular formula is C29H39N3O4. The van der Waals surface area contributed by atoms with Gasteiger partial charge in [-0.25, -0.2) is 0 Å². The lowest BCUT2D eigenvalue weighted by molar-refractivity contribution is 0.104. The molecule has 0 aromatic heterocycles. The number of ether oxygens (including phenoxy) is 3. The fourth-order valence-corrected chi connectivity index (χ4v) is 5.56. The number of carbonyl (C=O) groups is 1. The molecule has 2 aliphatic heterocycles. The second-order valence-electron chi connectivity index (χ2n) is 10.1. The lowest BCUT2D eigenvalue weighted by atomic mass is 10.0. The van der Waals surface area contributed by atoms with Crippen LogP contribution in [0.4, 0.5) is 5.69 Å². The first-order valence-electron chi connectivity index (χ1n) is 13.7. The molecule has 1 aliphatic carbocycles. The molecule has 7 nitrogen and oxygen atoms in total. The van der Waals surface area contributed by atoms with E-state index in [4.69, 9.17) is 19.9 Å². The molecular weight excluding hydrogens is 454 g/mol. The van der Waals surface area contributed by atoms with E-state index in [1.54, 1.807) is 0 Å². The van der Waals surface area contributed by atoms with Crippen LogP contribution in [-0.4, -0.2) is 50.8 Å². The first-order valence-corrected chi connectivity index (χ1v) is 13.7. The minimum Gasteiger partial charge on any atom is -0.493 e. The second kappa shape index (κ2) is 11.5. The van der Waals surface area contributed by atoms with Gasteiger partial charge in [0.1, 0.15) is 17.2 Å². The zero-order valence-electron chi connectivity index (χ0n) is 21.4. The van der Waals surface area contributed by atoms with E-state index in [1.165, 1.54) is 25.7 Å². The number of anilines is 1. The molecule has 2 heterocycles. The highest BCUT2D eigenvalue weighted by molar-refractivity contribution is 6.26. The fraction of sp³-hybridized carbons (Fsp3) is 0.552. The van der Waals surface area contributed by atoms with Gasteiger partial charge in [0.15, 0.2) is 5.78 Å². The summed E-state index contributed by atoms with van der Waals surface area (Å²) in [6.07, 6.45) is 8.57. The highest BCUT2D eigenvalue weighted by Crippen LogP contribution is 2.52. The number of nitrogens with one attached hydrogen (secondary N) is 2. The van der Waals surface area contributed by atoms with Gasteiger partial charge < -0.3 is 30.6 Å². The molecule has 4 N–H and O–H groups in total. The SMILES string of the molecule is CCCCOc1cc(OCCC2CCCN2)c(N)c2c1-c1c(OCCC3CCCN3)cccc1C2=O. The van der Waals surface area contributed by atoms with E-state index >= 15 is 0 Å². The lowest BCUT2D eigenvalue weighted by Gasteiger charge is -2.19. The Morgan fingerprint density at radius 3 is 2.17 bits per heavy atom. The number of carbonyl (C=O) groups excluding carboxylic acids is 1. The van der Waals surface area contributed by atoms with Gasteiger partial charge in [0.2, 0.25) is 0 Å². The number of hydrogen-bond donors (Lipinski definition) is 3. The monoisotopic (exact) mass is 493 g/mol. The first kappa shape index (κ1) is 24.9. The summed E-state index contributed by atoms with van der Waals surface area (Å²) in [5.74, 6) is 1.78. The van der Waals surface area contributed by atoms with Crippen molar-refractivity contribution in [3.8, 4) is 28.4 Å². The predicted molar refractivity (Wildman–Crippen MR) is 142 cm³/mol. The highest BCUT2D eigenvalue weighted by Gasteiger charge is 2.36. The van der Waals surface area contributed by atoms with Crippen LogP contribution in [0.5, 0.6) is 17.2 Å². The summed E-state index contributed by atoms with van der Waals surface area (Å²) in [4.78, 5) is 13.6. The Labute approximate surface area is 214 Å². The molecule has 2 fully saturated rings. The molecule has 5 rings (SSSR count). The van der Waals surface area contributed by atoms with Gasteiger partial charge in [-0.15, -0.1) is 0 Å². The van der Waals surface area contributed by atoms with Gasteiger partial charge in [0.25, 0.3) is 0 Å². The topological polar surface area (TPSA) is 94.8 Å². The quantitative estimate of drug-likeness (QED) is 0.249. The van der Waals surface area contributed by atoms with E-state index in [-0.39, 0.29) is 5.78 Å². The van der Waals surface area contributed by atoms with Crippen LogP contribution in [0.1, 0.15) is 74.2 Å². The van der Waals surface area contributed by atoms with Crippen LogP contribution in [0.3, 0.4) is 0 Å². The van der Waals surface area contributed by atoms with Crippen molar-refractivity contribution in [1.82, 2.24) is 10.6 Å². The molecule has 0 spiro atoms. The summed E-state index contributed by atoms with van der Waals surface area (Å²) >= 11 is 0. The molecule has 2 atom stereocenters. The molecule has 0 saturated carbocycles. The van der Waals surface area contributed by atoms with Crippen LogP contribution >= 0.6 is 0 Å². The molecule has 2 aromatic carbocycles. The molecule has 36 heavy (non-hydrogen) atoms. The van der Waals surface area contributed by atoms with Crippen LogP contribution in [0.15, 0.2) is 24.3 Å². The van der Waals surface area contributed by atoms with Gasteiger partial charge in [-0.1, -0.05) is 25.5 Å². The summed E-state index contributed by atoms with van der Waals surface area (Å²) in [6, 6.07) is 8.52. The molecule has 2 saturated heterocycles. The number of rotatable bonds is 12. The van der Waals surface area contributed by atoms with Gasteiger partial charge in [0, 0.05) is 34.8 Å². The van der Waals surface area contributed by atoms with Crippen molar-refractivity contribution < 1.29 is 19.0 Å². The number of fused-ring (bicyclic) bond motifs is 3. The zero-order valence-corrected chi connectivity index (χ0v) is 21.4. The maximum Gasteiger partial charge on any atom is 0.196 e. The van der Waals surface area contributed by atoms with E-state index in [1.807, 2.05) is 24.3 Å². The van der Waals surface area contributed by atoms with Crippen molar-refractivity contribution in [3.63, 3.8) is 0 Å². The molecule has 194 valence electrons. The molecule has 0 radical (unpaired) electrons. The van der Waals surface area contributed by atoms with E-state index in [0.717, 1.165) is 49.9 Å². The largest absolute Gasteiger partial charge is 0.493 e. The van der Waals surface area contributed by atoms with Crippen molar-refractivity contribution >= 4 is 11.5 Å². The van der Waals surface area contributed by atoms with Crippen molar-refractivity contribution in [3.05, 3.63) is 35.4 Å². The van der Waals surface area contributed by atoms with Gasteiger partial charge in [-0.3, -0.25) is 4.79 Å². The summed E-state index contributed by atoms with van der Waals surface area (Å²) in [7, 11) is 0. The van der Waals surface area contributed by atoms with Gasteiger partial charge in [0.05, 0.1) is 31.1 Å². The molecule has 0 bridgehead atoms. The molecule has 2 aromatic rings. The summed E-state index contributed by atoms with van der Waals surface area (Å²) < 4.78 is 18.6. The first-order chi connectivity index (χ1) is 17.7. The van der Waals surface area contributed by atoms with Crippen molar-refractivity contribution in [1.29, 1.82) is 0 Å². The Morgan fingerprint density at radius 2 is 1.53 bits per heavy atom. The maximum absolute atomic E-state index is 13.6. The Balaban J connectivity index is 1.43. The fourth-order valence-electron chi connectivity index (χ4n) is 5.56. The smallest absolute Gasteiger partial charge is 0.196 e. The van der Waals surface area contributed by atoms with Crippen LogP contribution < -0.4 is 30.6 Å². The third-order valence-corrected chi connectivity index (χ3v) is 7.57. The Kier molecular flexibility index (Phi) is 7.97. The van der Waals surface area contributed by atoms with Crippen molar-refractivity contribution in [2.24, 2.45) is 0 Å². The minimum absolute atomic E-state index is 0.0938. The number of unbranched alkanes of at least 4 members (excludes halogenated alkanes) is 1. The predicted octanol–water partition coefficient (Wildman–Crippen LogP) is 4.70. The highest BCUT2D eigenvalue weighted by atomic mass is 16.5. The Bertz CT molecular complexity index is 1070. The van der Waals surface area contributed by atoms with E-state index in [9.17, 15) is 4.79 Å². The van der Waals surface area contributed by atoms with Gasteiger partial charge in [-0.05, 0) is 64.1 Å². The Hall–Kier alpha value is -2.77. The van der Waals surface area contributed by atoms with Crippen LogP contribution in [0.2, 0.25) is 0 Å². The van der Waals surface area contributed by atoms with E-state index < -0.39 is 0 Å².